The van der Waals surface area contributed by atoms with Gasteiger partial charge in [-0.2, -0.15) is 0 Å². The van der Waals surface area contributed by atoms with Crippen LogP contribution in [0.3, 0.4) is 0 Å². The van der Waals surface area contributed by atoms with Crippen molar-refractivity contribution < 1.29 is 15.0 Å². The Kier molecular flexibility index (Phi) is 2.24. The average molecular weight is 277 g/mol. The first-order valence-corrected chi connectivity index (χ1v) is 6.54. The molecular weight excluding hydrogens is 266 g/mol. The number of para-hydroxylation sites is 1. The molecule has 0 unspecified atom stereocenters. The molecule has 0 radical (unpaired) electrons. The minimum absolute atomic E-state index is 0.0499. The van der Waals surface area contributed by atoms with Gasteiger partial charge in [0.1, 0.15) is 5.75 Å². The number of aromatic hydroxyl groups is 1. The second-order valence-electron chi connectivity index (χ2n) is 5.05. The normalized spacial score (nSPS) is 11.4. The topological polar surface area (TPSA) is 73.3 Å². The van der Waals surface area contributed by atoms with E-state index in [1.807, 2.05) is 30.3 Å². The summed E-state index contributed by atoms with van der Waals surface area (Å²) in [7, 11) is 0. The summed E-state index contributed by atoms with van der Waals surface area (Å²) in [5.41, 5.74) is 1.93. The van der Waals surface area contributed by atoms with E-state index in [-0.39, 0.29) is 11.3 Å². The molecule has 4 nitrogen and oxygen atoms in total. The van der Waals surface area contributed by atoms with Gasteiger partial charge in [-0.15, -0.1) is 0 Å². The molecule has 0 atom stereocenters. The highest BCUT2D eigenvalue weighted by molar-refractivity contribution is 6.19. The van der Waals surface area contributed by atoms with E-state index in [2.05, 4.69) is 4.98 Å². The average Bonchev–Trinajstić information content (AvgIpc) is 2.85. The SMILES string of the molecule is O=C(O)c1cc(O)cc2c1ccc1c3ccccc3[nH]c21. The number of nitrogens with one attached hydrogen (secondary N) is 1. The number of carbonyl (C=O) groups is 1. The molecule has 0 aliphatic heterocycles. The Morgan fingerprint density at radius 2 is 1.67 bits per heavy atom. The van der Waals surface area contributed by atoms with Gasteiger partial charge in [0.2, 0.25) is 0 Å². The predicted octanol–water partition coefficient (Wildman–Crippen LogP) is 3.88. The molecule has 1 aromatic heterocycles. The van der Waals surface area contributed by atoms with Gasteiger partial charge in [0.05, 0.1) is 11.1 Å². The maximum atomic E-state index is 11.4. The number of aromatic nitrogens is 1. The van der Waals surface area contributed by atoms with Crippen molar-refractivity contribution in [2.75, 3.05) is 0 Å². The molecule has 102 valence electrons. The van der Waals surface area contributed by atoms with E-state index in [1.54, 1.807) is 12.1 Å². The Hall–Kier alpha value is -3.01. The van der Waals surface area contributed by atoms with Crippen LogP contribution in [-0.4, -0.2) is 21.2 Å². The molecule has 1 heterocycles. The van der Waals surface area contributed by atoms with Crippen molar-refractivity contribution in [3.05, 3.63) is 54.1 Å². The van der Waals surface area contributed by atoms with Crippen LogP contribution in [0.1, 0.15) is 10.4 Å². The Morgan fingerprint density at radius 3 is 2.48 bits per heavy atom. The third-order valence-corrected chi connectivity index (χ3v) is 3.83. The Bertz CT molecular complexity index is 1030. The number of rotatable bonds is 1. The van der Waals surface area contributed by atoms with Crippen LogP contribution in [0.4, 0.5) is 0 Å². The molecule has 0 spiro atoms. The number of aromatic amines is 1. The summed E-state index contributed by atoms with van der Waals surface area (Å²) < 4.78 is 0. The third kappa shape index (κ3) is 1.59. The first-order chi connectivity index (χ1) is 10.1. The van der Waals surface area contributed by atoms with Crippen molar-refractivity contribution >= 4 is 38.5 Å². The number of carboxylic acids is 1. The lowest BCUT2D eigenvalue weighted by molar-refractivity contribution is 0.0698. The highest BCUT2D eigenvalue weighted by Gasteiger charge is 2.14. The largest absolute Gasteiger partial charge is 0.508 e. The molecule has 0 saturated carbocycles. The molecule has 0 aliphatic carbocycles. The summed E-state index contributed by atoms with van der Waals surface area (Å²) in [6.45, 7) is 0. The van der Waals surface area contributed by atoms with Crippen LogP contribution in [0.5, 0.6) is 5.75 Å². The van der Waals surface area contributed by atoms with E-state index < -0.39 is 5.97 Å². The van der Waals surface area contributed by atoms with E-state index in [1.165, 1.54) is 6.07 Å². The fourth-order valence-electron chi connectivity index (χ4n) is 2.92. The van der Waals surface area contributed by atoms with Gasteiger partial charge >= 0.3 is 5.97 Å². The monoisotopic (exact) mass is 277 g/mol. The molecule has 3 aromatic carbocycles. The molecule has 0 saturated heterocycles. The molecular formula is C17H11NO3. The number of hydrogen-bond donors (Lipinski definition) is 3. The minimum atomic E-state index is -1.05. The zero-order valence-corrected chi connectivity index (χ0v) is 10.9. The maximum absolute atomic E-state index is 11.4. The summed E-state index contributed by atoms with van der Waals surface area (Å²) in [6.07, 6.45) is 0. The van der Waals surface area contributed by atoms with Crippen molar-refractivity contribution in [2.45, 2.75) is 0 Å². The van der Waals surface area contributed by atoms with Crippen molar-refractivity contribution in [3.8, 4) is 5.75 Å². The minimum Gasteiger partial charge on any atom is -0.508 e. The van der Waals surface area contributed by atoms with E-state index in [4.69, 9.17) is 0 Å². The molecule has 3 N–H and O–H groups in total. The highest BCUT2D eigenvalue weighted by Crippen LogP contribution is 2.34. The summed E-state index contributed by atoms with van der Waals surface area (Å²) >= 11 is 0. The number of aromatic carboxylic acids is 1. The van der Waals surface area contributed by atoms with Gasteiger partial charge in [-0.1, -0.05) is 30.3 Å². The van der Waals surface area contributed by atoms with Crippen molar-refractivity contribution in [1.82, 2.24) is 4.98 Å². The number of H-pyrrole nitrogens is 1. The summed E-state index contributed by atoms with van der Waals surface area (Å²) in [5.74, 6) is -1.10. The fourth-order valence-corrected chi connectivity index (χ4v) is 2.92. The van der Waals surface area contributed by atoms with Crippen molar-refractivity contribution in [3.63, 3.8) is 0 Å². The lowest BCUT2D eigenvalue weighted by atomic mass is 10.0. The van der Waals surface area contributed by atoms with Crippen LogP contribution in [0.2, 0.25) is 0 Å². The summed E-state index contributed by atoms with van der Waals surface area (Å²) in [6, 6.07) is 14.5. The second-order valence-corrected chi connectivity index (χ2v) is 5.05. The number of carboxylic acid groups (broad SMARTS) is 1. The lowest BCUT2D eigenvalue weighted by Crippen LogP contribution is -1.97. The third-order valence-electron chi connectivity index (χ3n) is 3.83. The van der Waals surface area contributed by atoms with Crippen LogP contribution >= 0.6 is 0 Å². The predicted molar refractivity (Wildman–Crippen MR) is 81.9 cm³/mol. The van der Waals surface area contributed by atoms with Gasteiger partial charge < -0.3 is 15.2 Å². The van der Waals surface area contributed by atoms with E-state index in [9.17, 15) is 15.0 Å². The zero-order chi connectivity index (χ0) is 14.6. The first kappa shape index (κ1) is 11.8. The van der Waals surface area contributed by atoms with Gasteiger partial charge in [0, 0.05) is 21.7 Å². The molecule has 4 rings (SSSR count). The quantitative estimate of drug-likeness (QED) is 0.494. The lowest BCUT2D eigenvalue weighted by Gasteiger charge is -2.05. The van der Waals surface area contributed by atoms with Crippen LogP contribution in [-0.2, 0) is 0 Å². The molecule has 0 aliphatic rings. The van der Waals surface area contributed by atoms with E-state index in [0.29, 0.717) is 10.8 Å². The van der Waals surface area contributed by atoms with Gasteiger partial charge in [0.25, 0.3) is 0 Å². The molecule has 0 bridgehead atoms. The smallest absolute Gasteiger partial charge is 0.336 e. The number of phenols is 1. The van der Waals surface area contributed by atoms with Crippen molar-refractivity contribution in [2.24, 2.45) is 0 Å². The number of fused-ring (bicyclic) bond motifs is 5. The van der Waals surface area contributed by atoms with Crippen LogP contribution in [0, 0.1) is 0 Å². The second kappa shape index (κ2) is 3.99. The zero-order valence-electron chi connectivity index (χ0n) is 10.9. The van der Waals surface area contributed by atoms with E-state index >= 15 is 0 Å². The number of hydrogen-bond acceptors (Lipinski definition) is 2. The fraction of sp³-hybridized carbons (Fsp3) is 0. The van der Waals surface area contributed by atoms with Gasteiger partial charge in [0.15, 0.2) is 0 Å². The Balaban J connectivity index is 2.26. The maximum Gasteiger partial charge on any atom is 0.336 e. The van der Waals surface area contributed by atoms with Gasteiger partial charge in [-0.05, 0) is 23.6 Å². The first-order valence-electron chi connectivity index (χ1n) is 6.54. The molecule has 4 heteroatoms. The summed E-state index contributed by atoms with van der Waals surface area (Å²) in [4.78, 5) is 14.7. The number of benzene rings is 3. The summed E-state index contributed by atoms with van der Waals surface area (Å²) in [5, 5.41) is 22.5. The molecule has 21 heavy (non-hydrogen) atoms. The Morgan fingerprint density at radius 1 is 0.905 bits per heavy atom. The van der Waals surface area contributed by atoms with Crippen LogP contribution in [0.25, 0.3) is 32.6 Å². The standard InChI is InChI=1S/C17H11NO3/c19-9-7-13-10(14(8-9)17(20)21)5-6-12-11-3-1-2-4-15(11)18-16(12)13/h1-8,18-19H,(H,20,21). The van der Waals surface area contributed by atoms with Crippen LogP contribution < -0.4 is 0 Å². The molecule has 0 fully saturated rings. The van der Waals surface area contributed by atoms with Gasteiger partial charge in [-0.3, -0.25) is 0 Å². The Labute approximate surface area is 119 Å². The number of phenolic OH excluding ortho intramolecular Hbond substituents is 1. The van der Waals surface area contributed by atoms with Crippen LogP contribution in [0.15, 0.2) is 48.5 Å². The highest BCUT2D eigenvalue weighted by atomic mass is 16.4. The molecule has 0 amide bonds. The van der Waals surface area contributed by atoms with Crippen molar-refractivity contribution in [1.29, 1.82) is 0 Å². The molecule has 4 aromatic rings. The van der Waals surface area contributed by atoms with Gasteiger partial charge in [-0.25, -0.2) is 4.79 Å². The van der Waals surface area contributed by atoms with E-state index in [0.717, 1.165) is 21.8 Å².